The Morgan fingerprint density at radius 1 is 1.21 bits per heavy atom. The SMILES string of the molecule is CC(C)Oc1ccc(C(NN)c2ccoc2Br)cc1. The van der Waals surface area contributed by atoms with Crippen LogP contribution in [0.2, 0.25) is 0 Å². The summed E-state index contributed by atoms with van der Waals surface area (Å²) in [5.41, 5.74) is 4.79. The quantitative estimate of drug-likeness (QED) is 0.653. The minimum absolute atomic E-state index is 0.124. The van der Waals surface area contributed by atoms with E-state index < -0.39 is 0 Å². The Balaban J connectivity index is 2.22. The van der Waals surface area contributed by atoms with Crippen molar-refractivity contribution in [2.75, 3.05) is 0 Å². The Hall–Kier alpha value is -1.30. The van der Waals surface area contributed by atoms with Crippen LogP contribution in [-0.4, -0.2) is 6.10 Å². The standard InChI is InChI=1S/C14H17BrN2O2/c1-9(2)19-11-5-3-10(4-6-11)13(17-16)12-7-8-18-14(12)15/h3-9,13,17H,16H2,1-2H3. The molecule has 0 amide bonds. The van der Waals surface area contributed by atoms with Crippen LogP contribution in [0.15, 0.2) is 45.7 Å². The molecule has 102 valence electrons. The molecule has 2 rings (SSSR count). The molecular formula is C14H17BrN2O2. The van der Waals surface area contributed by atoms with E-state index in [9.17, 15) is 0 Å². The normalized spacial score (nSPS) is 12.7. The smallest absolute Gasteiger partial charge is 0.174 e. The van der Waals surface area contributed by atoms with Crippen molar-refractivity contribution in [2.24, 2.45) is 5.84 Å². The summed E-state index contributed by atoms with van der Waals surface area (Å²) in [6, 6.07) is 9.61. The van der Waals surface area contributed by atoms with Crippen LogP contribution in [0.1, 0.15) is 31.0 Å². The number of hydrogen-bond donors (Lipinski definition) is 2. The van der Waals surface area contributed by atoms with E-state index in [1.54, 1.807) is 6.26 Å². The van der Waals surface area contributed by atoms with Gasteiger partial charge in [0.25, 0.3) is 0 Å². The molecule has 0 saturated heterocycles. The molecule has 2 aromatic rings. The van der Waals surface area contributed by atoms with Gasteiger partial charge >= 0.3 is 0 Å². The predicted octanol–water partition coefficient (Wildman–Crippen LogP) is 3.38. The second-order valence-electron chi connectivity index (χ2n) is 4.48. The highest BCUT2D eigenvalue weighted by Crippen LogP contribution is 2.29. The zero-order valence-corrected chi connectivity index (χ0v) is 12.5. The van der Waals surface area contributed by atoms with Gasteiger partial charge in [0.2, 0.25) is 0 Å². The summed E-state index contributed by atoms with van der Waals surface area (Å²) in [5, 5.41) is 0. The van der Waals surface area contributed by atoms with Gasteiger partial charge in [-0.25, -0.2) is 5.43 Å². The average molecular weight is 325 g/mol. The van der Waals surface area contributed by atoms with Crippen molar-refractivity contribution in [3.63, 3.8) is 0 Å². The van der Waals surface area contributed by atoms with E-state index in [2.05, 4.69) is 21.4 Å². The van der Waals surface area contributed by atoms with Gasteiger partial charge in [0.05, 0.1) is 18.4 Å². The molecule has 1 atom stereocenters. The Bertz CT molecular complexity index is 522. The maximum Gasteiger partial charge on any atom is 0.174 e. The molecule has 0 saturated carbocycles. The topological polar surface area (TPSA) is 60.4 Å². The molecule has 1 aromatic heterocycles. The fourth-order valence-electron chi connectivity index (χ4n) is 1.89. The molecule has 4 nitrogen and oxygen atoms in total. The second kappa shape index (κ2) is 6.23. The highest BCUT2D eigenvalue weighted by Gasteiger charge is 2.17. The minimum Gasteiger partial charge on any atom is -0.491 e. The molecule has 0 radical (unpaired) electrons. The van der Waals surface area contributed by atoms with Gasteiger partial charge in [-0.15, -0.1) is 0 Å². The molecular weight excluding hydrogens is 308 g/mol. The molecule has 0 bridgehead atoms. The Morgan fingerprint density at radius 3 is 2.37 bits per heavy atom. The summed E-state index contributed by atoms with van der Waals surface area (Å²) in [6.07, 6.45) is 1.79. The van der Waals surface area contributed by atoms with Gasteiger partial charge in [0.1, 0.15) is 5.75 Å². The van der Waals surface area contributed by atoms with Crippen LogP contribution in [-0.2, 0) is 0 Å². The lowest BCUT2D eigenvalue weighted by atomic mass is 10.0. The summed E-state index contributed by atoms with van der Waals surface area (Å²) in [4.78, 5) is 0. The maximum absolute atomic E-state index is 5.64. The zero-order valence-electron chi connectivity index (χ0n) is 10.9. The maximum atomic E-state index is 5.64. The largest absolute Gasteiger partial charge is 0.491 e. The van der Waals surface area contributed by atoms with Gasteiger partial charge in [-0.3, -0.25) is 5.84 Å². The van der Waals surface area contributed by atoms with Gasteiger partial charge in [0, 0.05) is 5.56 Å². The monoisotopic (exact) mass is 324 g/mol. The summed E-state index contributed by atoms with van der Waals surface area (Å²) >= 11 is 3.37. The van der Waals surface area contributed by atoms with E-state index in [0.717, 1.165) is 16.9 Å². The van der Waals surface area contributed by atoms with Gasteiger partial charge in [-0.05, 0) is 53.5 Å². The average Bonchev–Trinajstić information content (AvgIpc) is 2.78. The summed E-state index contributed by atoms with van der Waals surface area (Å²) in [5.74, 6) is 6.49. The predicted molar refractivity (Wildman–Crippen MR) is 77.8 cm³/mol. The summed E-state index contributed by atoms with van der Waals surface area (Å²) in [7, 11) is 0. The molecule has 1 aromatic carbocycles. The van der Waals surface area contributed by atoms with E-state index in [0.29, 0.717) is 4.67 Å². The molecule has 3 N–H and O–H groups in total. The molecule has 1 heterocycles. The number of hydrazine groups is 1. The Labute approximate surface area is 121 Å². The number of nitrogens with one attached hydrogen (secondary N) is 1. The van der Waals surface area contributed by atoms with E-state index in [1.807, 2.05) is 44.2 Å². The first-order valence-electron chi connectivity index (χ1n) is 6.07. The van der Waals surface area contributed by atoms with Crippen molar-refractivity contribution in [1.82, 2.24) is 5.43 Å². The van der Waals surface area contributed by atoms with Crippen molar-refractivity contribution in [3.05, 3.63) is 52.4 Å². The first kappa shape index (κ1) is 14.1. The third-order valence-electron chi connectivity index (χ3n) is 2.71. The van der Waals surface area contributed by atoms with Crippen LogP contribution in [0.25, 0.3) is 0 Å². The molecule has 0 fully saturated rings. The molecule has 0 aliphatic carbocycles. The first-order valence-corrected chi connectivity index (χ1v) is 6.86. The number of rotatable bonds is 5. The van der Waals surface area contributed by atoms with Crippen molar-refractivity contribution in [1.29, 1.82) is 0 Å². The van der Waals surface area contributed by atoms with Gasteiger partial charge in [-0.1, -0.05) is 12.1 Å². The molecule has 5 heteroatoms. The van der Waals surface area contributed by atoms with Crippen LogP contribution in [0.3, 0.4) is 0 Å². The lowest BCUT2D eigenvalue weighted by molar-refractivity contribution is 0.242. The lowest BCUT2D eigenvalue weighted by Gasteiger charge is -2.16. The zero-order chi connectivity index (χ0) is 13.8. The summed E-state index contributed by atoms with van der Waals surface area (Å²) < 4.78 is 11.5. The van der Waals surface area contributed by atoms with Crippen molar-refractivity contribution < 1.29 is 9.15 Å². The van der Waals surface area contributed by atoms with Crippen molar-refractivity contribution in [3.8, 4) is 5.75 Å². The van der Waals surface area contributed by atoms with E-state index in [4.69, 9.17) is 15.0 Å². The van der Waals surface area contributed by atoms with Crippen molar-refractivity contribution in [2.45, 2.75) is 26.0 Å². The highest BCUT2D eigenvalue weighted by atomic mass is 79.9. The number of halogens is 1. The first-order chi connectivity index (χ1) is 9.11. The van der Waals surface area contributed by atoms with Crippen LogP contribution in [0.4, 0.5) is 0 Å². The number of benzene rings is 1. The number of furan rings is 1. The van der Waals surface area contributed by atoms with Gasteiger partial charge < -0.3 is 9.15 Å². The highest BCUT2D eigenvalue weighted by molar-refractivity contribution is 9.10. The van der Waals surface area contributed by atoms with Crippen LogP contribution >= 0.6 is 15.9 Å². The lowest BCUT2D eigenvalue weighted by Crippen LogP contribution is -2.28. The van der Waals surface area contributed by atoms with Gasteiger partial charge in [0.15, 0.2) is 4.67 Å². The van der Waals surface area contributed by atoms with Crippen LogP contribution < -0.4 is 16.0 Å². The van der Waals surface area contributed by atoms with Crippen LogP contribution in [0.5, 0.6) is 5.75 Å². The molecule has 0 aliphatic heterocycles. The number of nitrogens with two attached hydrogens (primary N) is 1. The van der Waals surface area contributed by atoms with Gasteiger partial charge in [-0.2, -0.15) is 0 Å². The Kier molecular flexibility index (Phi) is 4.63. The minimum atomic E-state index is -0.124. The summed E-state index contributed by atoms with van der Waals surface area (Å²) in [6.45, 7) is 4.00. The molecule has 0 spiro atoms. The molecule has 0 aliphatic rings. The van der Waals surface area contributed by atoms with E-state index in [1.165, 1.54) is 0 Å². The fraction of sp³-hybridized carbons (Fsp3) is 0.286. The second-order valence-corrected chi connectivity index (χ2v) is 5.21. The fourth-order valence-corrected chi connectivity index (χ4v) is 2.36. The number of ether oxygens (including phenoxy) is 1. The Morgan fingerprint density at radius 2 is 1.89 bits per heavy atom. The third kappa shape index (κ3) is 3.37. The van der Waals surface area contributed by atoms with Crippen LogP contribution in [0, 0.1) is 0 Å². The van der Waals surface area contributed by atoms with E-state index >= 15 is 0 Å². The third-order valence-corrected chi connectivity index (χ3v) is 3.35. The number of hydrogen-bond acceptors (Lipinski definition) is 4. The molecule has 19 heavy (non-hydrogen) atoms. The van der Waals surface area contributed by atoms with E-state index in [-0.39, 0.29) is 12.1 Å². The molecule has 1 unspecified atom stereocenters. The van der Waals surface area contributed by atoms with Crippen molar-refractivity contribution >= 4 is 15.9 Å².